The summed E-state index contributed by atoms with van der Waals surface area (Å²) in [6, 6.07) is 0. The molecule has 0 aromatic carbocycles. The molecule has 0 atom stereocenters. The smallest absolute Gasteiger partial charge is 0.763 e. The zero-order valence-electron chi connectivity index (χ0n) is 3.95. The van der Waals surface area contributed by atoms with E-state index in [-0.39, 0.29) is 29.6 Å². The van der Waals surface area contributed by atoms with Crippen LogP contribution in [-0.4, -0.2) is 0 Å². The van der Waals surface area contributed by atoms with Crippen molar-refractivity contribution >= 4 is 30.7 Å². The van der Waals surface area contributed by atoms with E-state index in [1.54, 1.807) is 0 Å². The van der Waals surface area contributed by atoms with Crippen molar-refractivity contribution in [1.82, 2.24) is 5.64 Å². The molecular formula is HNNaO3S3-. The molecule has 0 spiro atoms. The molecule has 8 heteroatoms. The van der Waals surface area contributed by atoms with E-state index in [2.05, 4.69) is 31.7 Å². The predicted molar refractivity (Wildman–Crippen MR) is 30.8 cm³/mol. The molecule has 4 nitrogen and oxygen atoms in total. The Labute approximate surface area is 79.7 Å². The normalized spacial score (nSPS) is 8.75. The van der Waals surface area contributed by atoms with Gasteiger partial charge in [-0.1, -0.05) is 0 Å². The largest absolute Gasteiger partial charge is 1.00 e. The van der Waals surface area contributed by atoms with E-state index >= 15 is 0 Å². The number of hydrogen-bond donors (Lipinski definition) is 1. The molecule has 0 aliphatic heterocycles. The van der Waals surface area contributed by atoms with Gasteiger partial charge in [0.05, 0.1) is 0 Å². The predicted octanol–water partition coefficient (Wildman–Crippen LogP) is -3.60. The molecule has 0 aliphatic carbocycles. The molecule has 0 saturated heterocycles. The Balaban J connectivity index is 0. The Kier molecular flexibility index (Phi) is 13.3. The van der Waals surface area contributed by atoms with Crippen molar-refractivity contribution in [3.8, 4) is 0 Å². The van der Waals surface area contributed by atoms with Gasteiger partial charge in [-0.25, -0.2) is 28.0 Å². The molecule has 0 aliphatic rings. The summed E-state index contributed by atoms with van der Waals surface area (Å²) in [6.07, 6.45) is 0. The topological polar surface area (TPSA) is 53.5 Å². The van der Waals surface area contributed by atoms with Gasteiger partial charge in [0.2, 0.25) is 0 Å². The standard InChI is InChI=1S/HNO3S3.Na/c2-1-3-4-7(5)6;/h1H;/q-2;+1. The number of hydrogen-bond acceptors (Lipinski definition) is 7. The van der Waals surface area contributed by atoms with Crippen LogP contribution in [0.4, 0.5) is 0 Å². The van der Waals surface area contributed by atoms with E-state index in [0.717, 1.165) is 5.64 Å². The minimum absolute atomic E-state index is 0. The van der Waals surface area contributed by atoms with Gasteiger partial charge in [-0.2, -0.15) is 13.3 Å². The molecule has 0 aromatic heterocycles. The summed E-state index contributed by atoms with van der Waals surface area (Å²) in [7, 11) is -1.13. The van der Waals surface area contributed by atoms with Crippen molar-refractivity contribution in [2.75, 3.05) is 0 Å². The summed E-state index contributed by atoms with van der Waals surface area (Å²) in [5.74, 6) is 0. The van der Waals surface area contributed by atoms with E-state index in [9.17, 15) is 0 Å². The molecule has 1 N–H and O–H groups in total. The second-order valence-corrected chi connectivity index (χ2v) is 3.43. The second-order valence-electron chi connectivity index (χ2n) is 0.439. The van der Waals surface area contributed by atoms with Crippen LogP contribution in [0.25, 0.3) is 0 Å². The summed E-state index contributed by atoms with van der Waals surface area (Å²) in [5, 5.41) is 9.15. The average Bonchev–Trinajstić information content (AvgIpc) is 1.61. The van der Waals surface area contributed by atoms with Crippen LogP contribution in [-0.2, 0) is 40.0 Å². The summed E-state index contributed by atoms with van der Waals surface area (Å²) >= 11 is 8.52. The van der Waals surface area contributed by atoms with Crippen LogP contribution in [0, 0.1) is 5.21 Å². The van der Waals surface area contributed by atoms with Crippen LogP contribution in [0.1, 0.15) is 0 Å². The molecule has 44 valence electrons. The molecule has 8 heavy (non-hydrogen) atoms. The van der Waals surface area contributed by atoms with Gasteiger partial charge in [0.1, 0.15) is 0 Å². The fourth-order valence-corrected chi connectivity index (χ4v) is 0.292. The van der Waals surface area contributed by atoms with Gasteiger partial charge < -0.3 is 9.54 Å². The molecule has 0 bridgehead atoms. The summed E-state index contributed by atoms with van der Waals surface area (Å²) in [6.45, 7) is 0. The maximum absolute atomic E-state index is 9.15. The molecule has 0 radical (unpaired) electrons. The first-order valence-electron chi connectivity index (χ1n) is 1.07. The van der Waals surface area contributed by atoms with Crippen LogP contribution < -0.4 is 35.2 Å². The first kappa shape index (κ1) is 12.3. The Bertz CT molecular complexity index is 92.7. The summed E-state index contributed by atoms with van der Waals surface area (Å²) in [5.41, 5.74) is 1.00. The van der Waals surface area contributed by atoms with Gasteiger partial charge in [-0.3, -0.25) is 0 Å². The minimum Gasteiger partial charge on any atom is -0.763 e. The Morgan fingerprint density at radius 3 is 2.12 bits per heavy atom. The van der Waals surface area contributed by atoms with Crippen molar-refractivity contribution in [3.63, 3.8) is 0 Å². The van der Waals surface area contributed by atoms with Crippen LogP contribution in [0.15, 0.2) is 0 Å². The Morgan fingerprint density at radius 1 is 1.50 bits per heavy atom. The maximum Gasteiger partial charge on any atom is 1.00 e. The van der Waals surface area contributed by atoms with E-state index in [1.807, 2.05) is 0 Å². The maximum atomic E-state index is 9.15. The second kappa shape index (κ2) is 8.63. The Hall–Kier alpha value is 1.63. The fraction of sp³-hybridized carbons (Fsp3) is 0. The van der Waals surface area contributed by atoms with Crippen LogP contribution >= 0.6 is 0 Å². The monoisotopic (exact) mass is 182 g/mol. The van der Waals surface area contributed by atoms with Gasteiger partial charge in [-0.05, 0) is 0 Å². The molecule has 0 aromatic rings. The SMILES string of the molecule is [Na+].[O-]NOO[S-](=S)=S. The molecular weight excluding hydrogens is 181 g/mol. The van der Waals surface area contributed by atoms with Gasteiger partial charge in [0.15, 0.2) is 0 Å². The van der Waals surface area contributed by atoms with Gasteiger partial charge in [-0.15, -0.1) is 0 Å². The molecule has 0 unspecified atom stereocenters. The van der Waals surface area contributed by atoms with Crippen LogP contribution in [0.2, 0.25) is 0 Å². The number of nitrogens with one attached hydrogen (secondary N) is 1. The van der Waals surface area contributed by atoms with Gasteiger partial charge in [0, 0.05) is 0 Å². The van der Waals surface area contributed by atoms with E-state index in [0.29, 0.717) is 0 Å². The third-order valence-electron chi connectivity index (χ3n) is 0.124. The summed E-state index contributed by atoms with van der Waals surface area (Å²) in [4.78, 5) is 3.59. The van der Waals surface area contributed by atoms with E-state index < -0.39 is 8.29 Å². The van der Waals surface area contributed by atoms with Gasteiger partial charge >= 0.3 is 29.6 Å². The fourth-order valence-electron chi connectivity index (χ4n) is 0.0417. The minimum atomic E-state index is -1.13. The molecule has 0 fully saturated rings. The van der Waals surface area contributed by atoms with Crippen molar-refractivity contribution in [3.05, 3.63) is 5.21 Å². The molecule has 0 saturated carbocycles. The average molecular weight is 182 g/mol. The number of rotatable bonds is 3. The van der Waals surface area contributed by atoms with Crippen LogP contribution in [0.3, 0.4) is 0 Å². The first-order valence-corrected chi connectivity index (χ1v) is 4.07. The first-order chi connectivity index (χ1) is 3.27. The third-order valence-corrected chi connectivity index (χ3v) is 0.636. The Morgan fingerprint density at radius 2 is 2.00 bits per heavy atom. The molecule has 0 amide bonds. The van der Waals surface area contributed by atoms with E-state index in [4.69, 9.17) is 5.21 Å². The van der Waals surface area contributed by atoms with Crippen molar-refractivity contribution in [2.24, 2.45) is 0 Å². The zero-order valence-corrected chi connectivity index (χ0v) is 8.40. The van der Waals surface area contributed by atoms with Crippen molar-refractivity contribution < 1.29 is 38.9 Å². The van der Waals surface area contributed by atoms with E-state index in [1.165, 1.54) is 0 Å². The van der Waals surface area contributed by atoms with Crippen LogP contribution in [0.5, 0.6) is 0 Å². The van der Waals surface area contributed by atoms with Gasteiger partial charge in [0.25, 0.3) is 0 Å². The van der Waals surface area contributed by atoms with Crippen molar-refractivity contribution in [2.45, 2.75) is 0 Å². The third kappa shape index (κ3) is 10.6. The zero-order chi connectivity index (χ0) is 5.70. The quantitative estimate of drug-likeness (QED) is 0.211. The molecule has 0 rings (SSSR count). The summed E-state index contributed by atoms with van der Waals surface area (Å²) < 4.78 is 3.92. The molecule has 0 heterocycles. The van der Waals surface area contributed by atoms with Crippen molar-refractivity contribution in [1.29, 1.82) is 0 Å².